The smallest absolute Gasteiger partial charge is 0.263 e. The quantitative estimate of drug-likeness (QED) is 0.798. The summed E-state index contributed by atoms with van der Waals surface area (Å²) in [4.78, 5) is 5.17. The first kappa shape index (κ1) is 15.0. The number of nitrogens with zero attached hydrogens (tertiary/aromatic N) is 1. The monoisotopic (exact) mass is 387 g/mol. The fourth-order valence-electron chi connectivity index (χ4n) is 1.83. The van der Waals surface area contributed by atoms with E-state index in [1.54, 1.807) is 24.4 Å². The Morgan fingerprint density at radius 3 is 2.90 bits per heavy atom. The fourth-order valence-corrected chi connectivity index (χ4v) is 5.51. The van der Waals surface area contributed by atoms with Crippen molar-refractivity contribution in [2.24, 2.45) is 0 Å². The molecule has 1 saturated carbocycles. The second-order valence-corrected chi connectivity index (χ2v) is 8.96. The summed E-state index contributed by atoms with van der Waals surface area (Å²) in [5.41, 5.74) is 0.452. The Balaban J connectivity index is 1.77. The molecule has 21 heavy (non-hydrogen) atoms. The molecule has 1 aliphatic carbocycles. The van der Waals surface area contributed by atoms with Gasteiger partial charge in [-0.15, -0.1) is 11.3 Å². The number of sulfonamides is 1. The van der Waals surface area contributed by atoms with Crippen molar-refractivity contribution in [2.75, 3.05) is 4.72 Å². The summed E-state index contributed by atoms with van der Waals surface area (Å²) in [6.07, 6.45) is 5.49. The second kappa shape index (κ2) is 6.04. The predicted molar refractivity (Wildman–Crippen MR) is 86.9 cm³/mol. The maximum absolute atomic E-state index is 12.4. The number of halogens is 1. The van der Waals surface area contributed by atoms with Crippen molar-refractivity contribution in [3.8, 4) is 0 Å². The molecule has 1 aliphatic rings. The molecule has 0 atom stereocenters. The van der Waals surface area contributed by atoms with E-state index in [0.717, 1.165) is 4.88 Å². The first-order valence-corrected chi connectivity index (χ1v) is 9.58. The molecular weight excluding hydrogens is 374 g/mol. The molecule has 2 aromatic heterocycles. The minimum atomic E-state index is -3.60. The summed E-state index contributed by atoms with van der Waals surface area (Å²) in [7, 11) is -3.60. The van der Waals surface area contributed by atoms with Gasteiger partial charge in [-0.25, -0.2) is 8.42 Å². The van der Waals surface area contributed by atoms with Gasteiger partial charge in [0.1, 0.15) is 4.90 Å². The standard InChI is InChI=1S/C13H14BrN3O2S2/c14-13-12(6-11(20-13)8-16-9-3-4-9)21(18,19)17-10-2-1-5-15-7-10/h1-2,5-7,9,16-17H,3-4,8H2. The molecule has 0 saturated heterocycles. The van der Waals surface area contributed by atoms with Crippen molar-refractivity contribution < 1.29 is 8.42 Å². The summed E-state index contributed by atoms with van der Waals surface area (Å²) in [6, 6.07) is 5.66. The first-order chi connectivity index (χ1) is 10.0. The van der Waals surface area contributed by atoms with Gasteiger partial charge in [0.15, 0.2) is 0 Å². The molecule has 2 heterocycles. The van der Waals surface area contributed by atoms with Crippen LogP contribution >= 0.6 is 27.3 Å². The molecule has 112 valence electrons. The van der Waals surface area contributed by atoms with E-state index >= 15 is 0 Å². The van der Waals surface area contributed by atoms with Crippen molar-refractivity contribution in [3.05, 3.63) is 39.3 Å². The highest BCUT2D eigenvalue weighted by molar-refractivity contribution is 9.11. The van der Waals surface area contributed by atoms with Crippen molar-refractivity contribution in [3.63, 3.8) is 0 Å². The molecule has 0 spiro atoms. The Kier molecular flexibility index (Phi) is 4.30. The molecule has 0 bridgehead atoms. The number of thiophene rings is 1. The van der Waals surface area contributed by atoms with E-state index in [1.807, 2.05) is 0 Å². The van der Waals surface area contributed by atoms with Gasteiger partial charge in [0.2, 0.25) is 0 Å². The Hall–Kier alpha value is -0.960. The predicted octanol–water partition coefficient (Wildman–Crippen LogP) is 2.96. The maximum Gasteiger partial charge on any atom is 0.263 e. The SMILES string of the molecule is O=S(=O)(Nc1cccnc1)c1cc(CNC2CC2)sc1Br. The van der Waals surface area contributed by atoms with E-state index in [1.165, 1.54) is 30.4 Å². The van der Waals surface area contributed by atoms with E-state index in [-0.39, 0.29) is 4.90 Å². The average molecular weight is 388 g/mol. The lowest BCUT2D eigenvalue weighted by Gasteiger charge is -2.06. The van der Waals surface area contributed by atoms with Crippen LogP contribution in [0.3, 0.4) is 0 Å². The summed E-state index contributed by atoms with van der Waals surface area (Å²) in [6.45, 7) is 0.705. The summed E-state index contributed by atoms with van der Waals surface area (Å²) in [5.74, 6) is 0. The molecule has 2 N–H and O–H groups in total. The number of pyridine rings is 1. The van der Waals surface area contributed by atoms with E-state index in [0.29, 0.717) is 22.1 Å². The van der Waals surface area contributed by atoms with Gasteiger partial charge in [0.25, 0.3) is 10.0 Å². The zero-order valence-corrected chi connectivity index (χ0v) is 14.3. The van der Waals surface area contributed by atoms with E-state index < -0.39 is 10.0 Å². The zero-order chi connectivity index (χ0) is 14.9. The molecule has 0 amide bonds. The Morgan fingerprint density at radius 1 is 1.43 bits per heavy atom. The Bertz CT molecular complexity index is 727. The lowest BCUT2D eigenvalue weighted by atomic mass is 10.4. The van der Waals surface area contributed by atoms with Crippen molar-refractivity contribution in [1.29, 1.82) is 0 Å². The number of aromatic nitrogens is 1. The highest BCUT2D eigenvalue weighted by atomic mass is 79.9. The fraction of sp³-hybridized carbons (Fsp3) is 0.308. The highest BCUT2D eigenvalue weighted by Gasteiger charge is 2.23. The molecule has 0 aliphatic heterocycles. The highest BCUT2D eigenvalue weighted by Crippen LogP contribution is 2.33. The van der Waals surface area contributed by atoms with Gasteiger partial charge in [0.05, 0.1) is 15.7 Å². The molecule has 0 radical (unpaired) electrons. The van der Waals surface area contributed by atoms with Crippen LogP contribution in [0.1, 0.15) is 17.7 Å². The molecule has 2 aromatic rings. The Labute approximate surface area is 136 Å². The van der Waals surface area contributed by atoms with Gasteiger partial charge < -0.3 is 5.32 Å². The van der Waals surface area contributed by atoms with Crippen LogP contribution in [0, 0.1) is 0 Å². The van der Waals surface area contributed by atoms with Crippen LogP contribution < -0.4 is 10.0 Å². The third kappa shape index (κ3) is 3.82. The lowest BCUT2D eigenvalue weighted by molar-refractivity contribution is 0.601. The van der Waals surface area contributed by atoms with E-state index in [4.69, 9.17) is 0 Å². The van der Waals surface area contributed by atoms with E-state index in [2.05, 4.69) is 31.0 Å². The third-order valence-corrected chi connectivity index (χ3v) is 6.69. The molecule has 0 aromatic carbocycles. The summed E-state index contributed by atoms with van der Waals surface area (Å²) < 4.78 is 28.0. The van der Waals surface area contributed by atoms with Gasteiger partial charge in [0, 0.05) is 23.7 Å². The number of rotatable bonds is 6. The van der Waals surface area contributed by atoms with Gasteiger partial charge in [-0.3, -0.25) is 9.71 Å². The van der Waals surface area contributed by atoms with Crippen LogP contribution in [0.15, 0.2) is 39.3 Å². The van der Waals surface area contributed by atoms with Gasteiger partial charge in [-0.05, 0) is 47.0 Å². The van der Waals surface area contributed by atoms with Crippen LogP contribution in [0.25, 0.3) is 0 Å². The second-order valence-electron chi connectivity index (χ2n) is 4.85. The van der Waals surface area contributed by atoms with Crippen LogP contribution in [0.5, 0.6) is 0 Å². The summed E-state index contributed by atoms with van der Waals surface area (Å²) >= 11 is 4.79. The zero-order valence-electron chi connectivity index (χ0n) is 11.0. The molecule has 5 nitrogen and oxygen atoms in total. The normalized spacial score (nSPS) is 15.1. The van der Waals surface area contributed by atoms with Crippen molar-refractivity contribution in [1.82, 2.24) is 10.3 Å². The molecule has 0 unspecified atom stereocenters. The largest absolute Gasteiger partial charge is 0.309 e. The molecular formula is C13H14BrN3O2S2. The number of hydrogen-bond donors (Lipinski definition) is 2. The molecule has 3 rings (SSSR count). The summed E-state index contributed by atoms with van der Waals surface area (Å²) in [5, 5.41) is 3.38. The minimum Gasteiger partial charge on any atom is -0.309 e. The van der Waals surface area contributed by atoms with Gasteiger partial charge in [-0.2, -0.15) is 0 Å². The van der Waals surface area contributed by atoms with Crippen LogP contribution in [0.4, 0.5) is 5.69 Å². The third-order valence-electron chi connectivity index (χ3n) is 3.05. The number of nitrogens with one attached hydrogen (secondary N) is 2. The number of anilines is 1. The average Bonchev–Trinajstić information content (AvgIpc) is 3.19. The Morgan fingerprint density at radius 2 is 2.24 bits per heavy atom. The molecule has 1 fully saturated rings. The van der Waals surface area contributed by atoms with Crippen LogP contribution in [-0.2, 0) is 16.6 Å². The first-order valence-electron chi connectivity index (χ1n) is 6.49. The van der Waals surface area contributed by atoms with Gasteiger partial charge >= 0.3 is 0 Å². The number of hydrogen-bond acceptors (Lipinski definition) is 5. The maximum atomic E-state index is 12.4. The molecule has 8 heteroatoms. The van der Waals surface area contributed by atoms with Crippen LogP contribution in [0.2, 0.25) is 0 Å². The van der Waals surface area contributed by atoms with Crippen molar-refractivity contribution in [2.45, 2.75) is 30.3 Å². The topological polar surface area (TPSA) is 71.1 Å². The van der Waals surface area contributed by atoms with E-state index in [9.17, 15) is 8.42 Å². The minimum absolute atomic E-state index is 0.268. The lowest BCUT2D eigenvalue weighted by Crippen LogP contribution is -2.15. The van der Waals surface area contributed by atoms with Crippen molar-refractivity contribution >= 4 is 43.0 Å². The van der Waals surface area contributed by atoms with Crippen LogP contribution in [-0.4, -0.2) is 19.4 Å². The van der Waals surface area contributed by atoms with Gasteiger partial charge in [-0.1, -0.05) is 0 Å².